The normalized spacial score (nSPS) is 14.1. The standard InChI is InChI=1S/C83H162O17P2/c1-6-10-13-16-19-22-25-26-27-28-32-35-38-43-47-52-57-62-67-81(86)94-73-79(100-83(88)69-64-59-54-49-44-39-36-33-30-29-31-34-37-42-45-50-55-60-65-76(5)9-4)75-98-102(91,92)96-71-77(84)70-95-101(89,90)97-74-78(99-82(87)68-63-58-53-48-41-24-21-18-15-12-8-3)72-93-80(85)66-61-56-51-46-40-23-20-17-14-11-7-2/h76-79,84H,6-75H2,1-5H3,(H,89,90)(H,91,92)/t76?,77-,78+,79+/m0/s1. The fourth-order valence-electron chi connectivity index (χ4n) is 12.9. The van der Waals surface area contributed by atoms with Crippen LogP contribution in [0, 0.1) is 5.92 Å². The first-order chi connectivity index (χ1) is 49.6. The number of esters is 4. The first-order valence-electron chi connectivity index (χ1n) is 43.2. The topological polar surface area (TPSA) is 237 Å². The van der Waals surface area contributed by atoms with E-state index in [2.05, 4.69) is 34.6 Å². The zero-order chi connectivity index (χ0) is 74.8. The molecule has 19 heteroatoms. The van der Waals surface area contributed by atoms with Gasteiger partial charge in [-0.3, -0.25) is 37.3 Å². The molecule has 3 unspecified atom stereocenters. The summed E-state index contributed by atoms with van der Waals surface area (Å²) in [5, 5.41) is 10.6. The number of unbranched alkanes of at least 4 members (excludes halogenated alkanes) is 54. The highest BCUT2D eigenvalue weighted by molar-refractivity contribution is 7.47. The highest BCUT2D eigenvalue weighted by Gasteiger charge is 2.30. The van der Waals surface area contributed by atoms with Crippen LogP contribution >= 0.6 is 15.6 Å². The first-order valence-corrected chi connectivity index (χ1v) is 46.2. The second-order valence-electron chi connectivity index (χ2n) is 30.1. The number of phosphoric acid groups is 2. The molecular weight excluding hydrogens is 1330 g/mol. The minimum atomic E-state index is -4.96. The van der Waals surface area contributed by atoms with E-state index < -0.39 is 97.5 Å². The van der Waals surface area contributed by atoms with E-state index in [0.29, 0.717) is 25.7 Å². The van der Waals surface area contributed by atoms with Crippen LogP contribution in [-0.2, 0) is 65.4 Å². The third-order valence-electron chi connectivity index (χ3n) is 19.9. The zero-order valence-electron chi connectivity index (χ0n) is 66.8. The number of hydrogen-bond acceptors (Lipinski definition) is 15. The Bertz CT molecular complexity index is 1950. The van der Waals surface area contributed by atoms with Crippen molar-refractivity contribution >= 4 is 39.5 Å². The van der Waals surface area contributed by atoms with Crippen molar-refractivity contribution in [3.8, 4) is 0 Å². The van der Waals surface area contributed by atoms with Crippen molar-refractivity contribution in [2.45, 2.75) is 464 Å². The summed E-state index contributed by atoms with van der Waals surface area (Å²) in [6.45, 7) is 7.40. The third-order valence-corrected chi connectivity index (χ3v) is 21.8. The maximum atomic E-state index is 13.1. The van der Waals surface area contributed by atoms with Gasteiger partial charge in [-0.15, -0.1) is 0 Å². The molecule has 0 aliphatic heterocycles. The summed E-state index contributed by atoms with van der Waals surface area (Å²) in [4.78, 5) is 73.0. The molecule has 6 atom stereocenters. The van der Waals surface area contributed by atoms with Crippen LogP contribution in [0.4, 0.5) is 0 Å². The molecule has 0 rings (SSSR count). The fraction of sp³-hybridized carbons (Fsp3) is 0.952. The van der Waals surface area contributed by atoms with Gasteiger partial charge < -0.3 is 33.8 Å². The Kier molecular flexibility index (Phi) is 74.4. The number of aliphatic hydroxyl groups is 1. The third kappa shape index (κ3) is 74.9. The van der Waals surface area contributed by atoms with E-state index in [9.17, 15) is 43.2 Å². The predicted molar refractivity (Wildman–Crippen MR) is 418 cm³/mol. The molecule has 0 aliphatic carbocycles. The van der Waals surface area contributed by atoms with Gasteiger partial charge in [-0.25, -0.2) is 9.13 Å². The van der Waals surface area contributed by atoms with Crippen LogP contribution < -0.4 is 0 Å². The van der Waals surface area contributed by atoms with E-state index in [1.165, 1.54) is 270 Å². The molecule has 0 aromatic carbocycles. The number of carbonyl (C=O) groups excluding carboxylic acids is 4. The van der Waals surface area contributed by atoms with Gasteiger partial charge in [-0.1, -0.05) is 394 Å². The quantitative estimate of drug-likeness (QED) is 0.0222. The summed E-state index contributed by atoms with van der Waals surface area (Å²) in [6, 6.07) is 0. The van der Waals surface area contributed by atoms with Crippen molar-refractivity contribution in [2.24, 2.45) is 5.92 Å². The Morgan fingerprint density at radius 1 is 0.275 bits per heavy atom. The van der Waals surface area contributed by atoms with E-state index in [1.54, 1.807) is 0 Å². The molecule has 102 heavy (non-hydrogen) atoms. The molecule has 0 aromatic heterocycles. The monoisotopic (exact) mass is 1490 g/mol. The van der Waals surface area contributed by atoms with Crippen molar-refractivity contribution in [3.63, 3.8) is 0 Å². The Morgan fingerprint density at radius 2 is 0.471 bits per heavy atom. The molecule has 0 heterocycles. The largest absolute Gasteiger partial charge is 0.472 e. The molecule has 0 aliphatic rings. The lowest BCUT2D eigenvalue weighted by molar-refractivity contribution is -0.161. The summed E-state index contributed by atoms with van der Waals surface area (Å²) < 4.78 is 68.7. The van der Waals surface area contributed by atoms with Gasteiger partial charge in [0.15, 0.2) is 12.2 Å². The summed E-state index contributed by atoms with van der Waals surface area (Å²) in [7, 11) is -9.92. The average molecular weight is 1490 g/mol. The van der Waals surface area contributed by atoms with Crippen molar-refractivity contribution in [1.29, 1.82) is 0 Å². The molecule has 0 radical (unpaired) electrons. The van der Waals surface area contributed by atoms with Gasteiger partial charge in [0, 0.05) is 25.7 Å². The van der Waals surface area contributed by atoms with Gasteiger partial charge in [-0.2, -0.15) is 0 Å². The molecule has 0 bridgehead atoms. The fourth-order valence-corrected chi connectivity index (χ4v) is 14.5. The van der Waals surface area contributed by atoms with Crippen LogP contribution in [0.1, 0.15) is 446 Å². The summed E-state index contributed by atoms with van der Waals surface area (Å²) in [5.41, 5.74) is 0. The van der Waals surface area contributed by atoms with Gasteiger partial charge in [0.25, 0.3) is 0 Å². The maximum absolute atomic E-state index is 13.1. The van der Waals surface area contributed by atoms with Gasteiger partial charge in [0.05, 0.1) is 26.4 Å². The van der Waals surface area contributed by atoms with Crippen LogP contribution in [-0.4, -0.2) is 96.7 Å². The van der Waals surface area contributed by atoms with Gasteiger partial charge >= 0.3 is 39.5 Å². The minimum absolute atomic E-state index is 0.108. The number of hydrogen-bond donors (Lipinski definition) is 3. The molecule has 3 N–H and O–H groups in total. The second kappa shape index (κ2) is 75.9. The number of ether oxygens (including phenoxy) is 4. The summed E-state index contributed by atoms with van der Waals surface area (Å²) in [5.74, 6) is -1.23. The lowest BCUT2D eigenvalue weighted by Crippen LogP contribution is -2.30. The van der Waals surface area contributed by atoms with Crippen molar-refractivity contribution < 1.29 is 80.2 Å². The molecular formula is C83H162O17P2. The molecule has 0 amide bonds. The first kappa shape index (κ1) is 100. The van der Waals surface area contributed by atoms with E-state index in [4.69, 9.17) is 37.0 Å². The van der Waals surface area contributed by atoms with Crippen LogP contribution in [0.25, 0.3) is 0 Å². The van der Waals surface area contributed by atoms with E-state index in [-0.39, 0.29) is 25.7 Å². The molecule has 0 saturated carbocycles. The van der Waals surface area contributed by atoms with Gasteiger partial charge in [0.1, 0.15) is 19.3 Å². The average Bonchev–Trinajstić information content (AvgIpc) is 1.25. The molecule has 606 valence electrons. The van der Waals surface area contributed by atoms with Gasteiger partial charge in [-0.05, 0) is 31.6 Å². The second-order valence-corrected chi connectivity index (χ2v) is 33.0. The molecule has 17 nitrogen and oxygen atoms in total. The van der Waals surface area contributed by atoms with Crippen molar-refractivity contribution in [2.75, 3.05) is 39.6 Å². The lowest BCUT2D eigenvalue weighted by atomic mass is 9.99. The number of phosphoric ester groups is 2. The van der Waals surface area contributed by atoms with Crippen LogP contribution in [0.5, 0.6) is 0 Å². The van der Waals surface area contributed by atoms with Gasteiger partial charge in [0.2, 0.25) is 0 Å². The Labute approximate surface area is 626 Å². The number of carbonyl (C=O) groups is 4. The van der Waals surface area contributed by atoms with Crippen LogP contribution in [0.2, 0.25) is 0 Å². The van der Waals surface area contributed by atoms with Crippen LogP contribution in [0.3, 0.4) is 0 Å². The summed E-state index contributed by atoms with van der Waals surface area (Å²) >= 11 is 0. The number of aliphatic hydroxyl groups excluding tert-OH is 1. The molecule has 0 saturated heterocycles. The highest BCUT2D eigenvalue weighted by Crippen LogP contribution is 2.45. The Hall–Kier alpha value is -1.94. The molecule has 0 spiro atoms. The Balaban J connectivity index is 5.20. The summed E-state index contributed by atoms with van der Waals surface area (Å²) in [6.07, 6.45) is 67.9. The lowest BCUT2D eigenvalue weighted by Gasteiger charge is -2.21. The Morgan fingerprint density at radius 3 is 0.696 bits per heavy atom. The van der Waals surface area contributed by atoms with E-state index >= 15 is 0 Å². The molecule has 0 fully saturated rings. The SMILES string of the molecule is CCCCCCCCCCCCCCCCCCCCC(=O)OC[C@H](COP(=O)(O)OC[C@@H](O)COP(=O)(O)OC[C@@H](COC(=O)CCCCCCCCCCCCC)OC(=O)CCCCCCCCCCCCC)OC(=O)CCCCCCCCCCCCCCCCCCCCC(C)CC. The zero-order valence-corrected chi connectivity index (χ0v) is 68.5. The van der Waals surface area contributed by atoms with Crippen molar-refractivity contribution in [3.05, 3.63) is 0 Å². The predicted octanol–water partition coefficient (Wildman–Crippen LogP) is 25.2. The smallest absolute Gasteiger partial charge is 0.462 e. The molecule has 0 aromatic rings. The van der Waals surface area contributed by atoms with Crippen LogP contribution in [0.15, 0.2) is 0 Å². The minimum Gasteiger partial charge on any atom is -0.462 e. The highest BCUT2D eigenvalue weighted by atomic mass is 31.2. The van der Waals surface area contributed by atoms with E-state index in [0.717, 1.165) is 95.8 Å². The number of rotatable bonds is 83. The van der Waals surface area contributed by atoms with E-state index in [1.807, 2.05) is 0 Å². The maximum Gasteiger partial charge on any atom is 0.472 e. The van der Waals surface area contributed by atoms with Crippen molar-refractivity contribution in [1.82, 2.24) is 0 Å².